The number of benzene rings is 2. The standard InChI is InChI=1S/C17H18N2S.C9H14.C2H6/c1-12(2)14-7-5-9-16(11-14)19-17(20)18-15-8-4-6-13(3)10-15;1-5-7-9(4)8(3)6-2;1-2/h4-11H,1H2,2-3H3,(H2,18,19,20);5-7H,1H2,2-4H3;1-2H3/b;8-6-,9-7-;. The van der Waals surface area contributed by atoms with Gasteiger partial charge in [-0.2, -0.15) is 0 Å². The first-order chi connectivity index (χ1) is 14.8. The lowest BCUT2D eigenvalue weighted by atomic mass is 10.1. The SMILES string of the molecule is C=C(C)c1cccc(NC(=S)Nc2cccc(C)c2)c1.C=C/C=C(C)\C(C)=C/C.CC. The van der Waals surface area contributed by atoms with E-state index in [9.17, 15) is 0 Å². The van der Waals surface area contributed by atoms with Gasteiger partial charge in [0, 0.05) is 11.4 Å². The number of hydrogen-bond donors (Lipinski definition) is 2. The molecule has 31 heavy (non-hydrogen) atoms. The zero-order chi connectivity index (χ0) is 23.8. The van der Waals surface area contributed by atoms with Gasteiger partial charge in [-0.3, -0.25) is 0 Å². The molecule has 3 heteroatoms. The lowest BCUT2D eigenvalue weighted by molar-refractivity contribution is 1.33. The summed E-state index contributed by atoms with van der Waals surface area (Å²) in [5.41, 5.74) is 7.87. The van der Waals surface area contributed by atoms with Gasteiger partial charge >= 0.3 is 0 Å². The molecule has 0 heterocycles. The number of anilines is 2. The molecule has 0 unspecified atom stereocenters. The van der Waals surface area contributed by atoms with Crippen LogP contribution in [0.25, 0.3) is 5.57 Å². The van der Waals surface area contributed by atoms with Crippen LogP contribution >= 0.6 is 12.2 Å². The third-order valence-electron chi connectivity index (χ3n) is 4.31. The van der Waals surface area contributed by atoms with E-state index < -0.39 is 0 Å². The van der Waals surface area contributed by atoms with E-state index in [1.807, 2.05) is 76.2 Å². The van der Waals surface area contributed by atoms with Crippen molar-refractivity contribution in [3.8, 4) is 0 Å². The fourth-order valence-corrected chi connectivity index (χ4v) is 2.65. The highest BCUT2D eigenvalue weighted by Gasteiger charge is 2.01. The van der Waals surface area contributed by atoms with E-state index in [2.05, 4.69) is 62.8 Å². The predicted molar refractivity (Wildman–Crippen MR) is 147 cm³/mol. The lowest BCUT2D eigenvalue weighted by Gasteiger charge is -2.12. The molecule has 0 aliphatic heterocycles. The summed E-state index contributed by atoms with van der Waals surface area (Å²) in [4.78, 5) is 0. The van der Waals surface area contributed by atoms with Crippen LogP contribution in [0.1, 0.15) is 52.7 Å². The summed E-state index contributed by atoms with van der Waals surface area (Å²) in [7, 11) is 0. The number of rotatable bonds is 5. The molecule has 0 saturated heterocycles. The van der Waals surface area contributed by atoms with Crippen LogP contribution in [0.15, 0.2) is 91.1 Å². The van der Waals surface area contributed by atoms with Crippen molar-refractivity contribution in [2.75, 3.05) is 10.6 Å². The van der Waals surface area contributed by atoms with Crippen LogP contribution in [-0.4, -0.2) is 5.11 Å². The molecule has 0 atom stereocenters. The van der Waals surface area contributed by atoms with E-state index in [0.717, 1.165) is 22.5 Å². The maximum Gasteiger partial charge on any atom is 0.175 e. The van der Waals surface area contributed by atoms with Gasteiger partial charge in [-0.15, -0.1) is 0 Å². The molecule has 2 rings (SSSR count). The molecule has 0 saturated carbocycles. The first kappa shape index (κ1) is 28.1. The van der Waals surface area contributed by atoms with Crippen LogP contribution in [0.2, 0.25) is 0 Å². The Kier molecular flexibility index (Phi) is 14.4. The highest BCUT2D eigenvalue weighted by Crippen LogP contribution is 2.17. The molecule has 2 aromatic rings. The topological polar surface area (TPSA) is 24.1 Å². The number of allylic oxidation sites excluding steroid dienone is 6. The van der Waals surface area contributed by atoms with Gasteiger partial charge in [-0.05, 0) is 87.8 Å². The first-order valence-electron chi connectivity index (χ1n) is 10.6. The van der Waals surface area contributed by atoms with Crippen molar-refractivity contribution in [2.45, 2.75) is 48.5 Å². The minimum Gasteiger partial charge on any atom is -0.332 e. The Morgan fingerprint density at radius 1 is 0.903 bits per heavy atom. The Morgan fingerprint density at radius 2 is 1.45 bits per heavy atom. The van der Waals surface area contributed by atoms with Crippen LogP contribution < -0.4 is 10.6 Å². The first-order valence-corrected chi connectivity index (χ1v) is 11.0. The van der Waals surface area contributed by atoms with Gasteiger partial charge in [0.15, 0.2) is 5.11 Å². The molecule has 0 bridgehead atoms. The van der Waals surface area contributed by atoms with Gasteiger partial charge in [0.25, 0.3) is 0 Å². The van der Waals surface area contributed by atoms with Gasteiger partial charge in [-0.1, -0.05) is 80.6 Å². The maximum atomic E-state index is 5.33. The molecule has 166 valence electrons. The molecule has 2 nitrogen and oxygen atoms in total. The summed E-state index contributed by atoms with van der Waals surface area (Å²) >= 11 is 5.33. The normalized spacial score (nSPS) is 10.5. The van der Waals surface area contributed by atoms with Crippen molar-refractivity contribution in [3.05, 3.63) is 102 Å². The van der Waals surface area contributed by atoms with E-state index in [1.54, 1.807) is 0 Å². The number of hydrogen-bond acceptors (Lipinski definition) is 1. The van der Waals surface area contributed by atoms with E-state index >= 15 is 0 Å². The summed E-state index contributed by atoms with van der Waals surface area (Å²) < 4.78 is 0. The highest BCUT2D eigenvalue weighted by molar-refractivity contribution is 7.80. The summed E-state index contributed by atoms with van der Waals surface area (Å²) in [5.74, 6) is 0. The monoisotopic (exact) mass is 434 g/mol. The fraction of sp³-hybridized carbons (Fsp3) is 0.250. The number of thiocarbonyl (C=S) groups is 1. The van der Waals surface area contributed by atoms with Crippen molar-refractivity contribution in [2.24, 2.45) is 0 Å². The number of nitrogens with one attached hydrogen (secondary N) is 2. The molecule has 0 aliphatic rings. The molecular weight excluding hydrogens is 396 g/mol. The fourth-order valence-electron chi connectivity index (χ4n) is 2.41. The van der Waals surface area contributed by atoms with Crippen LogP contribution in [0.4, 0.5) is 11.4 Å². The van der Waals surface area contributed by atoms with Gasteiger partial charge in [0.2, 0.25) is 0 Å². The summed E-state index contributed by atoms with van der Waals surface area (Å²) in [6, 6.07) is 16.1. The van der Waals surface area contributed by atoms with Gasteiger partial charge in [0.1, 0.15) is 0 Å². The third kappa shape index (κ3) is 11.8. The quantitative estimate of drug-likeness (QED) is 0.363. The smallest absolute Gasteiger partial charge is 0.175 e. The van der Waals surface area contributed by atoms with Crippen LogP contribution in [0, 0.1) is 6.92 Å². The molecule has 0 aliphatic carbocycles. The van der Waals surface area contributed by atoms with E-state index in [4.69, 9.17) is 12.2 Å². The summed E-state index contributed by atoms with van der Waals surface area (Å²) in [6.07, 6.45) is 5.91. The van der Waals surface area contributed by atoms with Crippen LogP contribution in [0.3, 0.4) is 0 Å². The predicted octanol–water partition coefficient (Wildman–Crippen LogP) is 8.95. The Bertz CT molecular complexity index is 920. The second-order valence-electron chi connectivity index (χ2n) is 6.87. The summed E-state index contributed by atoms with van der Waals surface area (Å²) in [5, 5.41) is 6.94. The van der Waals surface area contributed by atoms with Crippen LogP contribution in [-0.2, 0) is 0 Å². The highest BCUT2D eigenvalue weighted by atomic mass is 32.1. The van der Waals surface area contributed by atoms with Crippen molar-refractivity contribution >= 4 is 34.3 Å². The van der Waals surface area contributed by atoms with Crippen LogP contribution in [0.5, 0.6) is 0 Å². The van der Waals surface area contributed by atoms with Crippen molar-refractivity contribution in [1.82, 2.24) is 0 Å². The average Bonchev–Trinajstić information content (AvgIpc) is 2.75. The molecule has 0 spiro atoms. The lowest BCUT2D eigenvalue weighted by Crippen LogP contribution is -2.19. The molecule has 0 amide bonds. The molecule has 0 fully saturated rings. The molecule has 0 aromatic heterocycles. The van der Waals surface area contributed by atoms with E-state index in [-0.39, 0.29) is 0 Å². The zero-order valence-corrected chi connectivity index (χ0v) is 21.0. The Morgan fingerprint density at radius 3 is 1.94 bits per heavy atom. The minimum absolute atomic E-state index is 0.578. The van der Waals surface area contributed by atoms with Gasteiger partial charge in [0.05, 0.1) is 0 Å². The van der Waals surface area contributed by atoms with Crippen molar-refractivity contribution in [1.29, 1.82) is 0 Å². The zero-order valence-electron chi connectivity index (χ0n) is 20.2. The maximum absolute atomic E-state index is 5.33. The van der Waals surface area contributed by atoms with Crippen molar-refractivity contribution in [3.63, 3.8) is 0 Å². The summed E-state index contributed by atoms with van der Waals surface area (Å²) in [6.45, 7) is 21.8. The molecule has 2 aromatic carbocycles. The minimum atomic E-state index is 0.578. The molecular formula is C28H38N2S. The van der Waals surface area contributed by atoms with E-state index in [1.165, 1.54) is 16.7 Å². The van der Waals surface area contributed by atoms with Crippen molar-refractivity contribution < 1.29 is 0 Å². The second-order valence-corrected chi connectivity index (χ2v) is 7.28. The number of aryl methyl sites for hydroxylation is 1. The third-order valence-corrected chi connectivity index (χ3v) is 4.52. The van der Waals surface area contributed by atoms with Gasteiger partial charge < -0.3 is 10.6 Å². The Balaban J connectivity index is 0.000000692. The second kappa shape index (κ2) is 15.9. The average molecular weight is 435 g/mol. The molecule has 2 N–H and O–H groups in total. The Hall–Kier alpha value is -2.91. The largest absolute Gasteiger partial charge is 0.332 e. The van der Waals surface area contributed by atoms with Gasteiger partial charge in [-0.25, -0.2) is 0 Å². The Labute approximate surface area is 195 Å². The van der Waals surface area contributed by atoms with E-state index in [0.29, 0.717) is 5.11 Å². The molecule has 0 radical (unpaired) electrons.